The lowest BCUT2D eigenvalue weighted by atomic mass is 10.2. The van der Waals surface area contributed by atoms with Crippen molar-refractivity contribution in [2.24, 2.45) is 0 Å². The summed E-state index contributed by atoms with van der Waals surface area (Å²) in [7, 11) is 1.59. The monoisotopic (exact) mass is 246 g/mol. The van der Waals surface area contributed by atoms with Crippen molar-refractivity contribution in [2.45, 2.75) is 45.6 Å². The van der Waals surface area contributed by atoms with Crippen LogP contribution in [0.2, 0.25) is 0 Å². The maximum Gasteiger partial charge on any atom is 0.409 e. The van der Waals surface area contributed by atoms with Crippen LogP contribution in [0.25, 0.3) is 0 Å². The van der Waals surface area contributed by atoms with Gasteiger partial charge in [-0.2, -0.15) is 0 Å². The van der Waals surface area contributed by atoms with Crippen LogP contribution in [-0.2, 0) is 4.74 Å². The highest BCUT2D eigenvalue weighted by atomic mass is 16.6. The van der Waals surface area contributed by atoms with Crippen LogP contribution in [0, 0.1) is 10.1 Å². The van der Waals surface area contributed by atoms with Gasteiger partial charge in [0.1, 0.15) is 0 Å². The molecule has 0 aliphatic rings. The van der Waals surface area contributed by atoms with Gasteiger partial charge < -0.3 is 9.64 Å². The molecule has 0 bridgehead atoms. The minimum absolute atomic E-state index is 0.341. The lowest BCUT2D eigenvalue weighted by Crippen LogP contribution is -2.31. The summed E-state index contributed by atoms with van der Waals surface area (Å²) >= 11 is 0. The molecule has 0 spiro atoms. The van der Waals surface area contributed by atoms with Crippen LogP contribution < -0.4 is 0 Å². The van der Waals surface area contributed by atoms with Crippen molar-refractivity contribution in [1.29, 1.82) is 0 Å². The van der Waals surface area contributed by atoms with Crippen molar-refractivity contribution < 1.29 is 14.5 Å². The summed E-state index contributed by atoms with van der Waals surface area (Å²) in [5, 5.41) is 10.4. The number of hydrogen-bond acceptors (Lipinski definition) is 4. The van der Waals surface area contributed by atoms with E-state index in [1.807, 2.05) is 0 Å². The zero-order valence-electron chi connectivity index (χ0n) is 10.8. The third kappa shape index (κ3) is 7.54. The number of nitrogens with zero attached hydrogens (tertiary/aromatic N) is 2. The van der Waals surface area contributed by atoms with E-state index in [9.17, 15) is 14.9 Å². The first-order chi connectivity index (χ1) is 7.99. The Bertz CT molecular complexity index is 246. The van der Waals surface area contributed by atoms with Crippen molar-refractivity contribution in [3.8, 4) is 0 Å². The van der Waals surface area contributed by atoms with Crippen molar-refractivity contribution >= 4 is 6.09 Å². The maximum atomic E-state index is 11.4. The molecule has 0 heterocycles. The standard InChI is InChI=1S/C11H22N2O4/c1-4-5-6-9-17-11(14)12(3)8-7-10(2)13(15)16/h10H,4-9H2,1-3H3. The van der Waals surface area contributed by atoms with Crippen molar-refractivity contribution in [2.75, 3.05) is 20.2 Å². The number of amides is 1. The molecule has 6 nitrogen and oxygen atoms in total. The van der Waals surface area contributed by atoms with Gasteiger partial charge in [0.2, 0.25) is 6.04 Å². The smallest absolute Gasteiger partial charge is 0.409 e. The second kappa shape index (κ2) is 8.78. The minimum Gasteiger partial charge on any atom is -0.449 e. The van der Waals surface area contributed by atoms with E-state index in [1.54, 1.807) is 7.05 Å². The lowest BCUT2D eigenvalue weighted by molar-refractivity contribution is -0.518. The number of rotatable bonds is 8. The molecule has 0 aromatic heterocycles. The maximum absolute atomic E-state index is 11.4. The van der Waals surface area contributed by atoms with E-state index in [-0.39, 0.29) is 4.92 Å². The van der Waals surface area contributed by atoms with Crippen LogP contribution in [0.1, 0.15) is 39.5 Å². The van der Waals surface area contributed by atoms with Gasteiger partial charge in [-0.15, -0.1) is 0 Å². The number of nitro groups is 1. The van der Waals surface area contributed by atoms with Gasteiger partial charge in [-0.25, -0.2) is 4.79 Å². The zero-order chi connectivity index (χ0) is 13.3. The molecule has 17 heavy (non-hydrogen) atoms. The van der Waals surface area contributed by atoms with Crippen LogP contribution >= 0.6 is 0 Å². The second-order valence-electron chi connectivity index (χ2n) is 4.17. The Morgan fingerprint density at radius 3 is 2.65 bits per heavy atom. The van der Waals surface area contributed by atoms with Crippen LogP contribution in [0.3, 0.4) is 0 Å². The van der Waals surface area contributed by atoms with Crippen LogP contribution in [0.5, 0.6) is 0 Å². The van der Waals surface area contributed by atoms with Crippen LogP contribution in [0.15, 0.2) is 0 Å². The SMILES string of the molecule is CCCCCOC(=O)N(C)CCC(C)[N+](=O)[O-]. The van der Waals surface area contributed by atoms with Gasteiger partial charge in [0.05, 0.1) is 6.61 Å². The topological polar surface area (TPSA) is 72.7 Å². The average molecular weight is 246 g/mol. The molecule has 0 aromatic carbocycles. The van der Waals surface area contributed by atoms with Gasteiger partial charge in [0.15, 0.2) is 0 Å². The van der Waals surface area contributed by atoms with Crippen LogP contribution in [-0.4, -0.2) is 42.2 Å². The molecule has 0 aliphatic heterocycles. The fourth-order valence-corrected chi connectivity index (χ4v) is 1.20. The summed E-state index contributed by atoms with van der Waals surface area (Å²) in [4.78, 5) is 22.9. The number of carbonyl (C=O) groups excluding carboxylic acids is 1. The molecule has 0 fully saturated rings. The first-order valence-electron chi connectivity index (χ1n) is 6.00. The van der Waals surface area contributed by atoms with E-state index in [1.165, 1.54) is 11.8 Å². The largest absolute Gasteiger partial charge is 0.449 e. The third-order valence-electron chi connectivity index (χ3n) is 2.53. The van der Waals surface area contributed by atoms with E-state index < -0.39 is 12.1 Å². The number of unbranched alkanes of at least 4 members (excludes halogenated alkanes) is 2. The van der Waals surface area contributed by atoms with Gasteiger partial charge >= 0.3 is 6.09 Å². The average Bonchev–Trinajstić information content (AvgIpc) is 2.30. The Kier molecular flexibility index (Phi) is 8.09. The predicted octanol–water partition coefficient (Wildman–Crippen LogP) is 2.30. The molecule has 0 aliphatic carbocycles. The molecule has 0 saturated carbocycles. The van der Waals surface area contributed by atoms with Crippen molar-refractivity contribution in [3.05, 3.63) is 10.1 Å². The molecule has 1 amide bonds. The summed E-state index contributed by atoms with van der Waals surface area (Å²) in [6, 6.07) is -0.634. The van der Waals surface area contributed by atoms with Gasteiger partial charge in [-0.1, -0.05) is 19.8 Å². The molecule has 0 radical (unpaired) electrons. The molecular weight excluding hydrogens is 224 g/mol. The fourth-order valence-electron chi connectivity index (χ4n) is 1.20. The van der Waals surface area contributed by atoms with Crippen molar-refractivity contribution in [3.63, 3.8) is 0 Å². The molecule has 6 heteroatoms. The number of ether oxygens (including phenoxy) is 1. The molecule has 1 unspecified atom stereocenters. The zero-order valence-corrected chi connectivity index (χ0v) is 10.8. The Morgan fingerprint density at radius 1 is 1.47 bits per heavy atom. The molecule has 0 aromatic rings. The second-order valence-corrected chi connectivity index (χ2v) is 4.17. The van der Waals surface area contributed by atoms with E-state index in [0.717, 1.165) is 19.3 Å². The van der Waals surface area contributed by atoms with Gasteiger partial charge in [-0.3, -0.25) is 10.1 Å². The molecule has 100 valence electrons. The molecular formula is C11H22N2O4. The number of carbonyl (C=O) groups is 1. The van der Waals surface area contributed by atoms with E-state index in [0.29, 0.717) is 19.6 Å². The number of hydrogen-bond donors (Lipinski definition) is 0. The Balaban J connectivity index is 3.70. The van der Waals surface area contributed by atoms with Gasteiger partial charge in [0.25, 0.3) is 0 Å². The summed E-state index contributed by atoms with van der Waals surface area (Å²) in [5.74, 6) is 0. The van der Waals surface area contributed by atoms with Gasteiger partial charge in [0, 0.05) is 31.9 Å². The van der Waals surface area contributed by atoms with E-state index in [2.05, 4.69) is 6.92 Å². The fraction of sp³-hybridized carbons (Fsp3) is 0.909. The van der Waals surface area contributed by atoms with Gasteiger partial charge in [-0.05, 0) is 6.42 Å². The first-order valence-corrected chi connectivity index (χ1v) is 6.00. The molecule has 0 rings (SSSR count). The summed E-state index contributed by atoms with van der Waals surface area (Å²) < 4.78 is 5.02. The highest BCUT2D eigenvalue weighted by molar-refractivity contribution is 5.67. The molecule has 0 N–H and O–H groups in total. The van der Waals surface area contributed by atoms with Crippen LogP contribution in [0.4, 0.5) is 4.79 Å². The highest BCUT2D eigenvalue weighted by Crippen LogP contribution is 2.01. The Hall–Kier alpha value is -1.33. The first kappa shape index (κ1) is 15.7. The summed E-state index contributed by atoms with van der Waals surface area (Å²) in [5.41, 5.74) is 0. The minimum atomic E-state index is -0.634. The predicted molar refractivity (Wildman–Crippen MR) is 64.6 cm³/mol. The van der Waals surface area contributed by atoms with E-state index in [4.69, 9.17) is 4.74 Å². The third-order valence-corrected chi connectivity index (χ3v) is 2.53. The highest BCUT2D eigenvalue weighted by Gasteiger charge is 2.16. The molecule has 1 atom stereocenters. The normalized spacial score (nSPS) is 11.9. The quantitative estimate of drug-likeness (QED) is 0.374. The Morgan fingerprint density at radius 2 is 2.12 bits per heavy atom. The van der Waals surface area contributed by atoms with E-state index >= 15 is 0 Å². The summed E-state index contributed by atoms with van der Waals surface area (Å²) in [6.07, 6.45) is 2.91. The van der Waals surface area contributed by atoms with Crippen molar-refractivity contribution in [1.82, 2.24) is 4.90 Å². The lowest BCUT2D eigenvalue weighted by Gasteiger charge is -2.17. The Labute approximate surface area is 102 Å². The summed E-state index contributed by atoms with van der Waals surface area (Å²) in [6.45, 7) is 4.37. The molecule has 0 saturated heterocycles.